The van der Waals surface area contributed by atoms with E-state index in [9.17, 15) is 9.59 Å². The average Bonchev–Trinajstić information content (AvgIpc) is 2.38. The monoisotopic (exact) mass is 311 g/mol. The van der Waals surface area contributed by atoms with Gasteiger partial charge in [-0.1, -0.05) is 48.6 Å². The van der Waals surface area contributed by atoms with Crippen LogP contribution in [-0.2, 0) is 9.59 Å². The van der Waals surface area contributed by atoms with Gasteiger partial charge in [-0.3, -0.25) is 4.79 Å². The second-order valence-electron chi connectivity index (χ2n) is 5.36. The number of benzene rings is 1. The summed E-state index contributed by atoms with van der Waals surface area (Å²) in [6, 6.07) is 9.53. The number of carboxylic acids is 1. The van der Waals surface area contributed by atoms with Gasteiger partial charge in [0.2, 0.25) is 5.91 Å². The first-order valence-corrected chi connectivity index (χ1v) is 10.8. The largest absolute Gasteiger partial charge is 0.480 e. The topological polar surface area (TPSA) is 66.4 Å². The molecule has 0 bridgehead atoms. The molecule has 110 valence electrons. The van der Waals surface area contributed by atoms with E-state index in [4.69, 9.17) is 5.11 Å². The summed E-state index contributed by atoms with van der Waals surface area (Å²) in [7, 11) is -1.56. The smallest absolute Gasteiger partial charge is 0.327 e. The van der Waals surface area contributed by atoms with Crippen LogP contribution in [-0.4, -0.2) is 42.2 Å². The maximum absolute atomic E-state index is 11.0. The van der Waals surface area contributed by atoms with E-state index in [0.717, 1.165) is 5.38 Å². The zero-order valence-electron chi connectivity index (χ0n) is 12.1. The molecule has 0 fully saturated rings. The Balaban J connectivity index is 2.53. The van der Waals surface area contributed by atoms with Gasteiger partial charge < -0.3 is 10.4 Å². The van der Waals surface area contributed by atoms with Crippen LogP contribution in [0, 0.1) is 0 Å². The van der Waals surface area contributed by atoms with Gasteiger partial charge in [-0.05, 0) is 5.38 Å². The highest BCUT2D eigenvalue weighted by Gasteiger charge is 2.25. The first-order valence-electron chi connectivity index (χ1n) is 6.46. The molecule has 1 rings (SSSR count). The highest BCUT2D eigenvalue weighted by molar-refractivity contribution is 8.01. The van der Waals surface area contributed by atoms with Gasteiger partial charge in [0.15, 0.2) is 0 Å². The Hall–Kier alpha value is -1.27. The van der Waals surface area contributed by atoms with Crippen LogP contribution in [0.4, 0.5) is 0 Å². The van der Waals surface area contributed by atoms with Gasteiger partial charge in [0.05, 0.1) is 8.07 Å². The lowest BCUT2D eigenvalue weighted by Crippen LogP contribution is -2.46. The van der Waals surface area contributed by atoms with Crippen LogP contribution in [0.2, 0.25) is 13.1 Å². The molecule has 0 aliphatic heterocycles. The van der Waals surface area contributed by atoms with Crippen LogP contribution in [0.25, 0.3) is 0 Å². The summed E-state index contributed by atoms with van der Waals surface area (Å²) in [4.78, 5) is 22.0. The number of hydrogen-bond donors (Lipinski definition) is 2. The van der Waals surface area contributed by atoms with Gasteiger partial charge in [0, 0.05) is 12.7 Å². The van der Waals surface area contributed by atoms with Crippen LogP contribution < -0.4 is 10.5 Å². The predicted octanol–water partition coefficient (Wildman–Crippen LogP) is 1.46. The van der Waals surface area contributed by atoms with Crippen molar-refractivity contribution < 1.29 is 14.7 Å². The Morgan fingerprint density at radius 3 is 2.40 bits per heavy atom. The van der Waals surface area contributed by atoms with Gasteiger partial charge in [-0.2, -0.15) is 11.8 Å². The van der Waals surface area contributed by atoms with Crippen molar-refractivity contribution in [2.24, 2.45) is 0 Å². The normalized spacial score (nSPS) is 12.8. The molecule has 1 unspecified atom stereocenters. The Labute approximate surface area is 125 Å². The van der Waals surface area contributed by atoms with E-state index < -0.39 is 20.1 Å². The molecule has 0 aliphatic rings. The van der Waals surface area contributed by atoms with Gasteiger partial charge in [-0.25, -0.2) is 4.79 Å². The summed E-state index contributed by atoms with van der Waals surface area (Å²) in [6.45, 7) is 5.87. The van der Waals surface area contributed by atoms with Crippen molar-refractivity contribution in [3.05, 3.63) is 30.3 Å². The number of thioether (sulfide) groups is 1. The van der Waals surface area contributed by atoms with Crippen LogP contribution in [0.1, 0.15) is 6.92 Å². The molecule has 0 saturated carbocycles. The lowest BCUT2D eigenvalue weighted by molar-refractivity contribution is -0.140. The summed E-state index contributed by atoms with van der Waals surface area (Å²) >= 11 is 1.60. The van der Waals surface area contributed by atoms with E-state index in [0.29, 0.717) is 5.75 Å². The Morgan fingerprint density at radius 1 is 1.30 bits per heavy atom. The molecule has 2 N–H and O–H groups in total. The molecule has 0 saturated heterocycles. The van der Waals surface area contributed by atoms with Gasteiger partial charge in [-0.15, -0.1) is 0 Å². The van der Waals surface area contributed by atoms with Crippen molar-refractivity contribution in [1.82, 2.24) is 5.32 Å². The third kappa shape index (κ3) is 5.38. The molecular formula is C14H21NO3SSi. The van der Waals surface area contributed by atoms with E-state index in [1.165, 1.54) is 12.1 Å². The lowest BCUT2D eigenvalue weighted by Gasteiger charge is -2.23. The fourth-order valence-corrected chi connectivity index (χ4v) is 6.56. The number of carboxylic acid groups (broad SMARTS) is 1. The van der Waals surface area contributed by atoms with Crippen molar-refractivity contribution in [3.8, 4) is 0 Å². The third-order valence-electron chi connectivity index (χ3n) is 2.98. The molecule has 4 nitrogen and oxygen atoms in total. The molecule has 0 heterocycles. The summed E-state index contributed by atoms with van der Waals surface area (Å²) < 4.78 is 0. The Kier molecular flexibility index (Phi) is 6.29. The SMILES string of the molecule is CC(=O)NC(CSC[Si](C)(C)c1ccccc1)C(=O)O. The molecule has 1 amide bonds. The molecule has 20 heavy (non-hydrogen) atoms. The van der Waals surface area contributed by atoms with Gasteiger partial charge in [0.1, 0.15) is 6.04 Å². The Bertz CT molecular complexity index is 465. The number of hydrogen-bond acceptors (Lipinski definition) is 3. The highest BCUT2D eigenvalue weighted by atomic mass is 32.2. The van der Waals surface area contributed by atoms with Crippen LogP contribution in [0.5, 0.6) is 0 Å². The minimum atomic E-state index is -1.56. The van der Waals surface area contributed by atoms with Crippen molar-refractivity contribution in [1.29, 1.82) is 0 Å². The molecular weight excluding hydrogens is 290 g/mol. The number of rotatable bonds is 7. The van der Waals surface area contributed by atoms with E-state index in [1.54, 1.807) is 11.8 Å². The van der Waals surface area contributed by atoms with Gasteiger partial charge in [0.25, 0.3) is 0 Å². The summed E-state index contributed by atoms with van der Waals surface area (Å²) in [5, 5.41) is 13.8. The first kappa shape index (κ1) is 16.8. The minimum Gasteiger partial charge on any atom is -0.480 e. The molecule has 0 spiro atoms. The van der Waals surface area contributed by atoms with E-state index in [2.05, 4.69) is 30.5 Å². The number of carbonyl (C=O) groups excluding carboxylic acids is 1. The van der Waals surface area contributed by atoms with Crippen molar-refractivity contribution in [3.63, 3.8) is 0 Å². The number of amides is 1. The average molecular weight is 311 g/mol. The standard InChI is InChI=1S/C14H21NO3SSi/c1-11(16)15-13(14(17)18)9-19-10-20(2,3)12-7-5-4-6-8-12/h4-8,13H,9-10H2,1-3H3,(H,15,16)(H,17,18). The third-order valence-corrected chi connectivity index (χ3v) is 9.15. The first-order chi connectivity index (χ1) is 9.33. The fraction of sp³-hybridized carbons (Fsp3) is 0.429. The molecule has 1 atom stereocenters. The second-order valence-corrected chi connectivity index (χ2v) is 11.6. The second kappa shape index (κ2) is 7.49. The summed E-state index contributed by atoms with van der Waals surface area (Å²) in [5.74, 6) is -0.887. The minimum absolute atomic E-state index is 0.308. The van der Waals surface area contributed by atoms with E-state index in [1.807, 2.05) is 18.2 Å². The fourth-order valence-electron chi connectivity index (χ4n) is 1.82. The number of aliphatic carboxylic acids is 1. The van der Waals surface area contributed by atoms with Gasteiger partial charge >= 0.3 is 5.97 Å². The van der Waals surface area contributed by atoms with Crippen molar-refractivity contribution in [2.45, 2.75) is 26.1 Å². The highest BCUT2D eigenvalue weighted by Crippen LogP contribution is 2.13. The van der Waals surface area contributed by atoms with Crippen LogP contribution in [0.15, 0.2) is 30.3 Å². The number of carbonyl (C=O) groups is 2. The maximum atomic E-state index is 11.0. The molecule has 0 aliphatic carbocycles. The van der Waals surface area contributed by atoms with Crippen LogP contribution in [0.3, 0.4) is 0 Å². The summed E-state index contributed by atoms with van der Waals surface area (Å²) in [6.07, 6.45) is 0. The number of nitrogens with one attached hydrogen (secondary N) is 1. The molecule has 0 radical (unpaired) electrons. The van der Waals surface area contributed by atoms with Crippen LogP contribution >= 0.6 is 11.8 Å². The molecule has 1 aromatic rings. The molecule has 0 aromatic heterocycles. The van der Waals surface area contributed by atoms with Crippen molar-refractivity contribution in [2.75, 3.05) is 11.1 Å². The lowest BCUT2D eigenvalue weighted by atomic mass is 10.3. The van der Waals surface area contributed by atoms with E-state index in [-0.39, 0.29) is 5.91 Å². The zero-order valence-corrected chi connectivity index (χ0v) is 13.9. The van der Waals surface area contributed by atoms with E-state index >= 15 is 0 Å². The summed E-state index contributed by atoms with van der Waals surface area (Å²) in [5.41, 5.74) is 0. The quantitative estimate of drug-likeness (QED) is 0.748. The molecule has 1 aromatic carbocycles. The predicted molar refractivity (Wildman–Crippen MR) is 86.1 cm³/mol. The maximum Gasteiger partial charge on any atom is 0.327 e. The Morgan fingerprint density at radius 2 is 1.90 bits per heavy atom. The molecule has 6 heteroatoms. The zero-order chi connectivity index (χ0) is 15.2. The van der Waals surface area contributed by atoms with Crippen molar-refractivity contribution >= 4 is 36.9 Å².